The molecule has 1 aliphatic rings. The van der Waals surface area contributed by atoms with Crippen LogP contribution in [0.3, 0.4) is 0 Å². The minimum atomic E-state index is 0.00831. The second kappa shape index (κ2) is 13.1. The molecule has 178 valence electrons. The molecule has 0 bridgehead atoms. The summed E-state index contributed by atoms with van der Waals surface area (Å²) in [5.41, 5.74) is 2.15. The fourth-order valence-electron chi connectivity index (χ4n) is 4.63. The zero-order valence-corrected chi connectivity index (χ0v) is 20.5. The number of hydrogen-bond donors (Lipinski definition) is 3. The van der Waals surface area contributed by atoms with Crippen LogP contribution in [0.15, 0.2) is 29.7 Å². The van der Waals surface area contributed by atoms with Gasteiger partial charge in [-0.05, 0) is 69.8 Å². The van der Waals surface area contributed by atoms with Gasteiger partial charge in [0.1, 0.15) is 0 Å². The van der Waals surface area contributed by atoms with Crippen molar-refractivity contribution in [2.24, 2.45) is 7.05 Å². The van der Waals surface area contributed by atoms with E-state index in [9.17, 15) is 10.2 Å². The second-order valence-corrected chi connectivity index (χ2v) is 9.90. The largest absolute Gasteiger partial charge is 0.504 e. The molecule has 0 aliphatic heterocycles. The minimum absolute atomic E-state index is 0.00831. The molecule has 7 heteroatoms. The third-order valence-corrected chi connectivity index (χ3v) is 7.46. The molecule has 0 radical (unpaired) electrons. The number of unbranched alkanes of at least 4 members (excludes halogenated alkanes) is 3. The number of fused-ring (bicyclic) bond motifs is 1. The number of aromatic nitrogens is 2. The topological polar surface area (TPSA) is 73.6 Å². The normalized spacial score (nSPS) is 15.9. The van der Waals surface area contributed by atoms with Gasteiger partial charge in [-0.25, -0.2) is 4.98 Å². The summed E-state index contributed by atoms with van der Waals surface area (Å²) in [6.07, 6.45) is 12.9. The average Bonchev–Trinajstić information content (AvgIpc) is 3.21. The zero-order valence-electron chi connectivity index (χ0n) is 19.7. The van der Waals surface area contributed by atoms with Gasteiger partial charge in [0.15, 0.2) is 16.7 Å². The van der Waals surface area contributed by atoms with E-state index in [1.54, 1.807) is 17.8 Å². The Morgan fingerprint density at radius 3 is 2.78 bits per heavy atom. The predicted molar refractivity (Wildman–Crippen MR) is 133 cm³/mol. The standard InChI is InChI=1S/C25H40N4O2S/c1-3-15-29(21-9-10-22-20(19-21)8-11-23(30)24(22)31)16-7-5-4-6-12-26-14-18-32-25-27-13-17-28(25)2/h8,11,13,17,21,26,30-31H,3-7,9-10,12,14-16,18-19H2,1-2H3. The van der Waals surface area contributed by atoms with Crippen molar-refractivity contribution in [2.45, 2.75) is 69.5 Å². The zero-order chi connectivity index (χ0) is 22.8. The molecule has 1 atom stereocenters. The molecule has 0 fully saturated rings. The monoisotopic (exact) mass is 460 g/mol. The molecule has 1 heterocycles. The number of aryl methyl sites for hydroxylation is 1. The molecule has 3 N–H and O–H groups in total. The second-order valence-electron chi connectivity index (χ2n) is 8.84. The molecule has 1 aromatic carbocycles. The lowest BCUT2D eigenvalue weighted by Gasteiger charge is -2.35. The van der Waals surface area contributed by atoms with Gasteiger partial charge in [0.25, 0.3) is 0 Å². The number of nitrogens with one attached hydrogen (secondary N) is 1. The fourth-order valence-corrected chi connectivity index (χ4v) is 5.46. The van der Waals surface area contributed by atoms with Crippen molar-refractivity contribution >= 4 is 11.8 Å². The van der Waals surface area contributed by atoms with Crippen LogP contribution in [-0.4, -0.2) is 62.6 Å². The maximum atomic E-state index is 10.1. The molecule has 2 aromatic rings. The van der Waals surface area contributed by atoms with E-state index in [1.165, 1.54) is 37.7 Å². The Bertz CT molecular complexity index is 826. The van der Waals surface area contributed by atoms with Crippen molar-refractivity contribution < 1.29 is 10.2 Å². The number of imidazole rings is 1. The number of hydrogen-bond acceptors (Lipinski definition) is 6. The lowest BCUT2D eigenvalue weighted by atomic mass is 9.86. The highest BCUT2D eigenvalue weighted by Crippen LogP contribution is 2.36. The van der Waals surface area contributed by atoms with Gasteiger partial charge in [0.05, 0.1) is 0 Å². The summed E-state index contributed by atoms with van der Waals surface area (Å²) in [5.74, 6) is 1.15. The van der Waals surface area contributed by atoms with Gasteiger partial charge in [-0.2, -0.15) is 0 Å². The van der Waals surface area contributed by atoms with Crippen LogP contribution in [0, 0.1) is 0 Å². The number of phenols is 2. The SMILES string of the molecule is CCCN(CCCCCCNCCSc1nccn1C)C1CCc2c(ccc(O)c2O)C1. The van der Waals surface area contributed by atoms with Crippen LogP contribution in [-0.2, 0) is 19.9 Å². The van der Waals surface area contributed by atoms with Crippen molar-refractivity contribution in [1.29, 1.82) is 0 Å². The van der Waals surface area contributed by atoms with Crippen LogP contribution in [0.1, 0.15) is 56.6 Å². The first-order chi connectivity index (χ1) is 15.6. The Balaban J connectivity index is 1.28. The molecular formula is C25H40N4O2S. The Morgan fingerprint density at radius 2 is 2.00 bits per heavy atom. The summed E-state index contributed by atoms with van der Waals surface area (Å²) in [5, 5.41) is 24.5. The average molecular weight is 461 g/mol. The van der Waals surface area contributed by atoms with Gasteiger partial charge >= 0.3 is 0 Å². The Hall–Kier alpha value is -1.70. The molecule has 0 saturated heterocycles. The summed E-state index contributed by atoms with van der Waals surface area (Å²) < 4.78 is 2.06. The molecule has 6 nitrogen and oxygen atoms in total. The summed E-state index contributed by atoms with van der Waals surface area (Å²) >= 11 is 1.80. The first-order valence-electron chi connectivity index (χ1n) is 12.2. The third kappa shape index (κ3) is 7.15. The minimum Gasteiger partial charge on any atom is -0.504 e. The lowest BCUT2D eigenvalue weighted by molar-refractivity contribution is 0.175. The van der Waals surface area contributed by atoms with Crippen LogP contribution in [0.5, 0.6) is 11.5 Å². The Labute approximate surface area is 197 Å². The number of aromatic hydroxyl groups is 2. The van der Waals surface area contributed by atoms with E-state index >= 15 is 0 Å². The number of phenolic OH excluding ortho intramolecular Hbond substituents is 2. The first-order valence-corrected chi connectivity index (χ1v) is 13.2. The fraction of sp³-hybridized carbons (Fsp3) is 0.640. The Morgan fingerprint density at radius 1 is 1.16 bits per heavy atom. The molecule has 1 aliphatic carbocycles. The van der Waals surface area contributed by atoms with Crippen molar-refractivity contribution in [1.82, 2.24) is 19.8 Å². The van der Waals surface area contributed by atoms with Gasteiger partial charge in [-0.15, -0.1) is 0 Å². The highest BCUT2D eigenvalue weighted by molar-refractivity contribution is 7.99. The van der Waals surface area contributed by atoms with Crippen molar-refractivity contribution in [3.63, 3.8) is 0 Å². The maximum absolute atomic E-state index is 10.1. The summed E-state index contributed by atoms with van der Waals surface area (Å²) in [7, 11) is 2.04. The smallest absolute Gasteiger partial charge is 0.167 e. The van der Waals surface area contributed by atoms with Crippen molar-refractivity contribution in [2.75, 3.05) is 31.9 Å². The molecule has 3 rings (SSSR count). The number of nitrogens with zero attached hydrogens (tertiary/aromatic N) is 3. The van der Waals surface area contributed by atoms with Gasteiger partial charge < -0.3 is 25.0 Å². The van der Waals surface area contributed by atoms with E-state index in [0.717, 1.165) is 61.9 Å². The summed E-state index contributed by atoms with van der Waals surface area (Å²) in [6, 6.07) is 4.17. The summed E-state index contributed by atoms with van der Waals surface area (Å²) in [6.45, 7) is 6.67. The van der Waals surface area contributed by atoms with Crippen molar-refractivity contribution in [3.05, 3.63) is 35.7 Å². The van der Waals surface area contributed by atoms with E-state index in [0.29, 0.717) is 6.04 Å². The summed E-state index contributed by atoms with van der Waals surface area (Å²) in [4.78, 5) is 6.99. The number of thioether (sulfide) groups is 1. The van der Waals surface area contributed by atoms with Crippen molar-refractivity contribution in [3.8, 4) is 11.5 Å². The molecule has 32 heavy (non-hydrogen) atoms. The molecule has 0 saturated carbocycles. The van der Waals surface area contributed by atoms with Crippen LogP contribution < -0.4 is 5.32 Å². The Kier molecular flexibility index (Phi) is 10.2. The van der Waals surface area contributed by atoms with E-state index in [1.807, 2.05) is 25.5 Å². The van der Waals surface area contributed by atoms with Crippen LogP contribution in [0.2, 0.25) is 0 Å². The highest BCUT2D eigenvalue weighted by Gasteiger charge is 2.26. The van der Waals surface area contributed by atoms with E-state index in [4.69, 9.17) is 0 Å². The molecule has 0 spiro atoms. The quantitative estimate of drug-likeness (QED) is 0.221. The van der Waals surface area contributed by atoms with Gasteiger partial charge in [0.2, 0.25) is 0 Å². The van der Waals surface area contributed by atoms with Gasteiger partial charge in [-0.1, -0.05) is 37.6 Å². The molecule has 1 unspecified atom stereocenters. The molecule has 0 amide bonds. The van der Waals surface area contributed by atoms with Gasteiger partial charge in [-0.3, -0.25) is 0 Å². The van der Waals surface area contributed by atoms with E-state index in [-0.39, 0.29) is 11.5 Å². The molecular weight excluding hydrogens is 420 g/mol. The maximum Gasteiger partial charge on any atom is 0.167 e. The van der Waals surface area contributed by atoms with E-state index < -0.39 is 0 Å². The lowest BCUT2D eigenvalue weighted by Crippen LogP contribution is -2.40. The number of benzene rings is 1. The molecule has 1 aromatic heterocycles. The van der Waals surface area contributed by atoms with E-state index in [2.05, 4.69) is 26.7 Å². The van der Waals surface area contributed by atoms with Gasteiger partial charge in [0, 0.05) is 43.3 Å². The predicted octanol–water partition coefficient (Wildman–Crippen LogP) is 4.34. The third-order valence-electron chi connectivity index (χ3n) is 6.40. The first kappa shape index (κ1) is 24.9. The van der Waals surface area contributed by atoms with Crippen LogP contribution in [0.25, 0.3) is 0 Å². The highest BCUT2D eigenvalue weighted by atomic mass is 32.2. The van der Waals surface area contributed by atoms with Crippen LogP contribution >= 0.6 is 11.8 Å². The van der Waals surface area contributed by atoms with Crippen LogP contribution in [0.4, 0.5) is 0 Å². The number of rotatable bonds is 14.